The third-order valence-corrected chi connectivity index (χ3v) is 2.39. The van der Waals surface area contributed by atoms with Crippen LogP contribution < -0.4 is 5.32 Å². The molecule has 0 aromatic heterocycles. The average molecular weight is 263 g/mol. The minimum absolute atomic E-state index is 0.147. The normalized spacial score (nSPS) is 12.3. The van der Waals surface area contributed by atoms with Crippen molar-refractivity contribution in [3.63, 3.8) is 0 Å². The summed E-state index contributed by atoms with van der Waals surface area (Å²) in [7, 11) is 1.38. The Bertz CT molecular complexity index is 442. The van der Waals surface area contributed by atoms with Crippen molar-refractivity contribution in [1.29, 1.82) is 0 Å². The van der Waals surface area contributed by atoms with Gasteiger partial charge in [0.2, 0.25) is 5.91 Å². The molecule has 5 nitrogen and oxygen atoms in total. The number of aliphatic carboxylic acids is 1. The molecule has 19 heavy (non-hydrogen) atoms. The molecule has 1 aromatic carbocycles. The van der Waals surface area contributed by atoms with Gasteiger partial charge in [-0.3, -0.25) is 4.79 Å². The Morgan fingerprint density at radius 3 is 2.63 bits per heavy atom. The topological polar surface area (TPSA) is 75.6 Å². The van der Waals surface area contributed by atoms with Crippen molar-refractivity contribution < 1.29 is 19.4 Å². The van der Waals surface area contributed by atoms with E-state index in [0.717, 1.165) is 5.56 Å². The highest BCUT2D eigenvalue weighted by Gasteiger charge is 2.17. The SMILES string of the molecule is COCC(=O)N[C@@H](C/C=C/c1ccccc1)C(=O)O. The highest BCUT2D eigenvalue weighted by molar-refractivity contribution is 5.84. The van der Waals surface area contributed by atoms with E-state index in [1.54, 1.807) is 6.08 Å². The lowest BCUT2D eigenvalue weighted by atomic mass is 10.1. The summed E-state index contributed by atoms with van der Waals surface area (Å²) in [6.45, 7) is -0.147. The number of benzene rings is 1. The molecule has 1 rings (SSSR count). The lowest BCUT2D eigenvalue weighted by Gasteiger charge is -2.11. The van der Waals surface area contributed by atoms with E-state index in [0.29, 0.717) is 0 Å². The number of hydrogen-bond acceptors (Lipinski definition) is 3. The molecule has 0 radical (unpaired) electrons. The highest BCUT2D eigenvalue weighted by atomic mass is 16.5. The Morgan fingerprint density at radius 1 is 1.37 bits per heavy atom. The Labute approximate surface area is 111 Å². The number of rotatable bonds is 7. The van der Waals surface area contributed by atoms with E-state index in [1.165, 1.54) is 7.11 Å². The van der Waals surface area contributed by atoms with Crippen molar-refractivity contribution >= 4 is 18.0 Å². The molecule has 0 aliphatic rings. The molecular formula is C14H17NO4. The van der Waals surface area contributed by atoms with Crippen LogP contribution in [0.3, 0.4) is 0 Å². The maximum Gasteiger partial charge on any atom is 0.326 e. The van der Waals surface area contributed by atoms with E-state index in [4.69, 9.17) is 5.11 Å². The summed E-state index contributed by atoms with van der Waals surface area (Å²) in [5, 5.41) is 11.4. The van der Waals surface area contributed by atoms with E-state index in [2.05, 4.69) is 10.1 Å². The summed E-state index contributed by atoms with van der Waals surface area (Å²) in [4.78, 5) is 22.3. The van der Waals surface area contributed by atoms with Crippen LogP contribution in [0.15, 0.2) is 36.4 Å². The number of ether oxygens (including phenoxy) is 1. The van der Waals surface area contributed by atoms with Crippen molar-refractivity contribution in [2.24, 2.45) is 0 Å². The van der Waals surface area contributed by atoms with E-state index >= 15 is 0 Å². The predicted molar refractivity (Wildman–Crippen MR) is 71.5 cm³/mol. The summed E-state index contributed by atoms with van der Waals surface area (Å²) in [6, 6.07) is 8.58. The third kappa shape index (κ3) is 5.83. The average Bonchev–Trinajstić information content (AvgIpc) is 2.39. The van der Waals surface area contributed by atoms with Gasteiger partial charge in [-0.1, -0.05) is 42.5 Å². The zero-order valence-electron chi connectivity index (χ0n) is 10.7. The fraction of sp³-hybridized carbons (Fsp3) is 0.286. The smallest absolute Gasteiger partial charge is 0.326 e. The van der Waals surface area contributed by atoms with Crippen LogP contribution in [0.2, 0.25) is 0 Å². The molecule has 0 aliphatic heterocycles. The van der Waals surface area contributed by atoms with Crippen molar-refractivity contribution in [2.45, 2.75) is 12.5 Å². The van der Waals surface area contributed by atoms with Gasteiger partial charge in [-0.15, -0.1) is 0 Å². The number of methoxy groups -OCH3 is 1. The monoisotopic (exact) mass is 263 g/mol. The fourth-order valence-electron chi connectivity index (χ4n) is 1.49. The molecule has 1 atom stereocenters. The zero-order chi connectivity index (χ0) is 14.1. The van der Waals surface area contributed by atoms with Gasteiger partial charge >= 0.3 is 5.97 Å². The third-order valence-electron chi connectivity index (χ3n) is 2.39. The lowest BCUT2D eigenvalue weighted by Crippen LogP contribution is -2.42. The molecule has 5 heteroatoms. The number of amides is 1. The Kier molecular flexibility index (Phi) is 6.32. The van der Waals surface area contributed by atoms with E-state index in [-0.39, 0.29) is 13.0 Å². The summed E-state index contributed by atoms with van der Waals surface area (Å²) in [5.41, 5.74) is 0.981. The number of hydrogen-bond donors (Lipinski definition) is 2. The first-order valence-electron chi connectivity index (χ1n) is 5.86. The lowest BCUT2D eigenvalue weighted by molar-refractivity contribution is -0.142. The largest absolute Gasteiger partial charge is 0.480 e. The molecule has 1 aromatic rings. The highest BCUT2D eigenvalue weighted by Crippen LogP contribution is 2.03. The number of carboxylic acids is 1. The van der Waals surface area contributed by atoms with E-state index in [1.807, 2.05) is 36.4 Å². The second-order valence-corrected chi connectivity index (χ2v) is 3.94. The number of nitrogens with one attached hydrogen (secondary N) is 1. The first-order valence-corrected chi connectivity index (χ1v) is 5.86. The quantitative estimate of drug-likeness (QED) is 0.777. The van der Waals surface area contributed by atoms with Gasteiger partial charge < -0.3 is 15.2 Å². The Hall–Kier alpha value is -2.14. The molecule has 0 spiro atoms. The Morgan fingerprint density at radius 2 is 2.05 bits per heavy atom. The van der Waals surface area contributed by atoms with Gasteiger partial charge in [0.25, 0.3) is 0 Å². The van der Waals surface area contributed by atoms with Gasteiger partial charge in [-0.05, 0) is 12.0 Å². The van der Waals surface area contributed by atoms with Crippen LogP contribution >= 0.6 is 0 Å². The van der Waals surface area contributed by atoms with Crippen LogP contribution in [0.4, 0.5) is 0 Å². The molecule has 0 saturated carbocycles. The summed E-state index contributed by atoms with van der Waals surface area (Å²) in [5.74, 6) is -1.51. The molecule has 102 valence electrons. The number of carboxylic acid groups (broad SMARTS) is 1. The van der Waals surface area contributed by atoms with Crippen molar-refractivity contribution in [3.05, 3.63) is 42.0 Å². The van der Waals surface area contributed by atoms with Crippen molar-refractivity contribution in [3.8, 4) is 0 Å². The molecule has 0 bridgehead atoms. The van der Waals surface area contributed by atoms with Gasteiger partial charge in [-0.2, -0.15) is 0 Å². The first-order chi connectivity index (χ1) is 9.13. The van der Waals surface area contributed by atoms with E-state index in [9.17, 15) is 9.59 Å². The Balaban J connectivity index is 2.52. The predicted octanol–water partition coefficient (Wildman–Crippen LogP) is 1.31. The van der Waals surface area contributed by atoms with Gasteiger partial charge in [0.15, 0.2) is 0 Å². The van der Waals surface area contributed by atoms with Crippen molar-refractivity contribution in [2.75, 3.05) is 13.7 Å². The fourth-order valence-corrected chi connectivity index (χ4v) is 1.49. The minimum atomic E-state index is -1.07. The van der Waals surface area contributed by atoms with Crippen LogP contribution in [0.1, 0.15) is 12.0 Å². The number of carbonyl (C=O) groups is 2. The molecule has 0 heterocycles. The first kappa shape index (κ1) is 14.9. The van der Waals surface area contributed by atoms with Crippen molar-refractivity contribution in [1.82, 2.24) is 5.32 Å². The van der Waals surface area contributed by atoms with Crippen LogP contribution in [-0.2, 0) is 14.3 Å². The molecular weight excluding hydrogens is 246 g/mol. The van der Waals surface area contributed by atoms with Gasteiger partial charge in [0.1, 0.15) is 12.6 Å². The summed E-state index contributed by atoms with van der Waals surface area (Å²) < 4.78 is 4.64. The summed E-state index contributed by atoms with van der Waals surface area (Å²) in [6.07, 6.45) is 3.76. The minimum Gasteiger partial charge on any atom is -0.480 e. The van der Waals surface area contributed by atoms with Crippen LogP contribution in [0.25, 0.3) is 6.08 Å². The number of carbonyl (C=O) groups excluding carboxylic acids is 1. The molecule has 2 N–H and O–H groups in total. The van der Waals surface area contributed by atoms with Crippen LogP contribution in [0.5, 0.6) is 0 Å². The van der Waals surface area contributed by atoms with Gasteiger partial charge in [0, 0.05) is 7.11 Å². The molecule has 1 amide bonds. The second-order valence-electron chi connectivity index (χ2n) is 3.94. The molecule has 0 fully saturated rings. The maximum absolute atomic E-state index is 11.3. The van der Waals surface area contributed by atoms with Gasteiger partial charge in [-0.25, -0.2) is 4.79 Å². The maximum atomic E-state index is 11.3. The molecule has 0 unspecified atom stereocenters. The van der Waals surface area contributed by atoms with E-state index < -0.39 is 17.9 Å². The van der Waals surface area contributed by atoms with Crippen LogP contribution in [0, 0.1) is 0 Å². The molecule has 0 aliphatic carbocycles. The summed E-state index contributed by atoms with van der Waals surface area (Å²) >= 11 is 0. The van der Waals surface area contributed by atoms with Gasteiger partial charge in [0.05, 0.1) is 0 Å². The van der Waals surface area contributed by atoms with Crippen LogP contribution in [-0.4, -0.2) is 36.7 Å². The molecule has 0 saturated heterocycles. The zero-order valence-corrected chi connectivity index (χ0v) is 10.7. The standard InChI is InChI=1S/C14H17NO4/c1-19-10-13(16)15-12(14(17)18)9-5-8-11-6-3-2-4-7-11/h2-8,12H,9-10H2,1H3,(H,15,16)(H,17,18)/b8-5+/t12-/m0/s1. The second kappa shape index (κ2) is 8.05.